The van der Waals surface area contributed by atoms with Gasteiger partial charge in [-0.15, -0.1) is 10.2 Å². The maximum atomic E-state index is 13.0. The monoisotopic (exact) mass is 480 g/mol. The van der Waals surface area contributed by atoms with Crippen LogP contribution in [-0.4, -0.2) is 48.4 Å². The van der Waals surface area contributed by atoms with E-state index in [-0.39, 0.29) is 16.9 Å². The summed E-state index contributed by atoms with van der Waals surface area (Å²) < 4.78 is 1.93. The average Bonchev–Trinajstić information content (AvgIpc) is 3.28. The number of amides is 2. The highest BCUT2D eigenvalue weighted by Gasteiger charge is 2.38. The van der Waals surface area contributed by atoms with Crippen molar-refractivity contribution in [2.45, 2.75) is 32.0 Å². The van der Waals surface area contributed by atoms with Crippen molar-refractivity contribution < 1.29 is 9.90 Å². The quantitative estimate of drug-likeness (QED) is 0.541. The van der Waals surface area contributed by atoms with Gasteiger partial charge in [-0.25, -0.2) is 9.78 Å². The van der Waals surface area contributed by atoms with Gasteiger partial charge in [-0.2, -0.15) is 0 Å². The molecule has 31 heavy (non-hydrogen) atoms. The molecular weight excluding hydrogens is 463 g/mol. The number of anilines is 1. The predicted molar refractivity (Wildman–Crippen MR) is 119 cm³/mol. The minimum atomic E-state index is -0.685. The molecule has 11 heteroatoms. The number of nitrogens with zero attached hydrogens (tertiary/aromatic N) is 5. The molecule has 1 aromatic carbocycles. The third kappa shape index (κ3) is 4.77. The van der Waals surface area contributed by atoms with Gasteiger partial charge in [-0.05, 0) is 36.8 Å². The highest BCUT2D eigenvalue weighted by molar-refractivity contribution is 6.34. The molecule has 0 unspecified atom stereocenters. The Morgan fingerprint density at radius 3 is 2.61 bits per heavy atom. The number of halogens is 3. The van der Waals surface area contributed by atoms with Gasteiger partial charge in [0.15, 0.2) is 11.0 Å². The number of nitrogens with one attached hydrogen (secondary N) is 1. The van der Waals surface area contributed by atoms with Gasteiger partial charge in [-0.1, -0.05) is 46.9 Å². The lowest BCUT2D eigenvalue weighted by Gasteiger charge is -2.25. The number of β-amino-alcohol motifs (C(OH)–C–C–N with tert-alkyl or cyclic N) is 1. The molecule has 3 heterocycles. The molecule has 1 aliphatic rings. The van der Waals surface area contributed by atoms with E-state index in [1.807, 2.05) is 35.8 Å². The Bertz CT molecular complexity index is 1100. The molecule has 0 saturated carbocycles. The largest absolute Gasteiger partial charge is 0.391 e. The maximum Gasteiger partial charge on any atom is 0.322 e. The maximum absolute atomic E-state index is 13.0. The summed E-state index contributed by atoms with van der Waals surface area (Å²) in [5.74, 6) is 1.30. The molecule has 4 rings (SSSR count). The summed E-state index contributed by atoms with van der Waals surface area (Å²) in [6.45, 7) is 2.52. The van der Waals surface area contributed by atoms with Crippen LogP contribution in [-0.2, 0) is 6.54 Å². The number of hydrogen-bond acceptors (Lipinski definition) is 5. The lowest BCUT2D eigenvalue weighted by Crippen LogP contribution is -2.36. The molecule has 0 aliphatic carbocycles. The first kappa shape index (κ1) is 21.8. The van der Waals surface area contributed by atoms with Gasteiger partial charge < -0.3 is 19.9 Å². The van der Waals surface area contributed by atoms with Gasteiger partial charge in [0.25, 0.3) is 0 Å². The van der Waals surface area contributed by atoms with E-state index in [1.54, 1.807) is 6.07 Å². The van der Waals surface area contributed by atoms with Crippen LogP contribution in [0.1, 0.15) is 29.7 Å². The fourth-order valence-corrected chi connectivity index (χ4v) is 4.11. The molecule has 8 nitrogen and oxygen atoms in total. The number of aliphatic hydroxyl groups excluding tert-OH is 1. The first-order chi connectivity index (χ1) is 14.8. The minimum Gasteiger partial charge on any atom is -0.391 e. The van der Waals surface area contributed by atoms with Gasteiger partial charge in [0, 0.05) is 18.0 Å². The summed E-state index contributed by atoms with van der Waals surface area (Å²) in [6.07, 6.45) is -0.339. The van der Waals surface area contributed by atoms with Crippen LogP contribution >= 0.6 is 34.8 Å². The van der Waals surface area contributed by atoms with Gasteiger partial charge in [0.2, 0.25) is 0 Å². The van der Waals surface area contributed by atoms with Crippen molar-refractivity contribution in [1.82, 2.24) is 24.6 Å². The number of hydrogen-bond donors (Lipinski definition) is 2. The highest BCUT2D eigenvalue weighted by Crippen LogP contribution is 2.33. The highest BCUT2D eigenvalue weighted by atomic mass is 35.5. The van der Waals surface area contributed by atoms with Crippen molar-refractivity contribution in [2.75, 3.05) is 11.9 Å². The lowest BCUT2D eigenvalue weighted by atomic mass is 10.1. The van der Waals surface area contributed by atoms with Gasteiger partial charge in [-0.3, -0.25) is 0 Å². The van der Waals surface area contributed by atoms with E-state index < -0.39 is 18.2 Å². The number of carbonyl (C=O) groups excluding carboxylic acids is 1. The van der Waals surface area contributed by atoms with E-state index in [9.17, 15) is 9.90 Å². The van der Waals surface area contributed by atoms with Crippen LogP contribution in [0.25, 0.3) is 0 Å². The van der Waals surface area contributed by atoms with Crippen molar-refractivity contribution in [2.24, 2.45) is 0 Å². The topological polar surface area (TPSA) is 96.2 Å². The lowest BCUT2D eigenvalue weighted by molar-refractivity contribution is 0.175. The van der Waals surface area contributed by atoms with E-state index in [1.165, 1.54) is 11.0 Å². The minimum absolute atomic E-state index is 0.0823. The molecule has 0 bridgehead atoms. The second-order valence-corrected chi connectivity index (χ2v) is 8.46. The number of aliphatic hydroxyl groups is 1. The molecule has 2 amide bonds. The smallest absolute Gasteiger partial charge is 0.322 e. The van der Waals surface area contributed by atoms with Crippen molar-refractivity contribution in [3.8, 4) is 0 Å². The molecule has 1 aliphatic heterocycles. The molecule has 0 spiro atoms. The van der Waals surface area contributed by atoms with E-state index >= 15 is 0 Å². The fourth-order valence-electron chi connectivity index (χ4n) is 3.59. The Hall–Kier alpha value is -2.39. The van der Waals surface area contributed by atoms with Crippen LogP contribution in [0.2, 0.25) is 15.3 Å². The summed E-state index contributed by atoms with van der Waals surface area (Å²) >= 11 is 17.9. The first-order valence-corrected chi connectivity index (χ1v) is 10.7. The predicted octanol–water partition coefficient (Wildman–Crippen LogP) is 4.33. The van der Waals surface area contributed by atoms with Gasteiger partial charge in [0.05, 0.1) is 24.4 Å². The van der Waals surface area contributed by atoms with Crippen LogP contribution in [0, 0.1) is 6.92 Å². The molecule has 0 radical (unpaired) electrons. The van der Waals surface area contributed by atoms with E-state index in [0.717, 1.165) is 5.56 Å². The molecule has 162 valence electrons. The zero-order valence-electron chi connectivity index (χ0n) is 16.5. The van der Waals surface area contributed by atoms with Crippen molar-refractivity contribution in [1.29, 1.82) is 0 Å². The molecule has 3 aromatic rings. The van der Waals surface area contributed by atoms with Crippen molar-refractivity contribution >= 4 is 46.5 Å². The van der Waals surface area contributed by atoms with E-state index in [0.29, 0.717) is 35.3 Å². The van der Waals surface area contributed by atoms with Crippen LogP contribution < -0.4 is 5.32 Å². The summed E-state index contributed by atoms with van der Waals surface area (Å²) in [4.78, 5) is 18.5. The van der Waals surface area contributed by atoms with Crippen molar-refractivity contribution in [3.05, 3.63) is 68.9 Å². The summed E-state index contributed by atoms with van der Waals surface area (Å²) in [7, 11) is 0. The molecule has 2 atom stereocenters. The Morgan fingerprint density at radius 1 is 1.16 bits per heavy atom. The van der Waals surface area contributed by atoms with Crippen molar-refractivity contribution in [3.63, 3.8) is 0 Å². The average molecular weight is 482 g/mol. The number of rotatable bonds is 4. The van der Waals surface area contributed by atoms with Crippen LogP contribution in [0.4, 0.5) is 10.5 Å². The van der Waals surface area contributed by atoms with Crippen LogP contribution in [0.3, 0.4) is 0 Å². The Labute approximate surface area is 193 Å². The molecule has 1 saturated heterocycles. The van der Waals surface area contributed by atoms with E-state index in [2.05, 4.69) is 20.5 Å². The summed E-state index contributed by atoms with van der Waals surface area (Å²) in [6, 6.07) is 9.71. The Morgan fingerprint density at radius 2 is 1.90 bits per heavy atom. The molecule has 2 N–H and O–H groups in total. The van der Waals surface area contributed by atoms with Gasteiger partial charge >= 0.3 is 6.03 Å². The zero-order valence-corrected chi connectivity index (χ0v) is 18.7. The Balaban J connectivity index is 1.59. The second kappa shape index (κ2) is 9.00. The number of aryl methyl sites for hydroxylation is 1. The zero-order chi connectivity index (χ0) is 22.1. The molecular formula is C20H19Cl3N6O2. The fraction of sp³-hybridized carbons (Fsp3) is 0.300. The Kier molecular flexibility index (Phi) is 6.34. The van der Waals surface area contributed by atoms with E-state index in [4.69, 9.17) is 34.8 Å². The summed E-state index contributed by atoms with van der Waals surface area (Å²) in [5.41, 5.74) is 1.34. The number of benzene rings is 1. The van der Waals surface area contributed by atoms with Crippen LogP contribution in [0.15, 0.2) is 36.4 Å². The normalized spacial score (nSPS) is 18.4. The SMILES string of the molecule is Cc1nnc([C@H]2C[C@H](O)CN2C(=O)Nc2ccc(Cl)nc2Cl)n1Cc1ccc(Cl)cc1. The third-order valence-electron chi connectivity index (χ3n) is 5.11. The third-order valence-corrected chi connectivity index (χ3v) is 5.86. The standard InChI is InChI=1S/C20H19Cl3N6O2/c1-11-26-27-19(28(11)9-12-2-4-13(21)5-3-12)16-8-14(30)10-29(16)20(31)24-15-6-7-17(22)25-18(15)23/h2-7,14,16,30H,8-10H2,1H3,(H,24,31)/t14-,16+/m0/s1. The number of likely N-dealkylation sites (tertiary alicyclic amines) is 1. The first-order valence-electron chi connectivity index (χ1n) is 9.53. The molecule has 1 fully saturated rings. The number of urea groups is 1. The second-order valence-electron chi connectivity index (χ2n) is 7.28. The summed E-state index contributed by atoms with van der Waals surface area (Å²) in [5, 5.41) is 22.5. The molecule has 2 aromatic heterocycles. The van der Waals surface area contributed by atoms with Crippen LogP contribution in [0.5, 0.6) is 0 Å². The number of carbonyl (C=O) groups is 1. The van der Waals surface area contributed by atoms with Gasteiger partial charge in [0.1, 0.15) is 11.0 Å². The number of aromatic nitrogens is 4. The number of pyridine rings is 1.